The summed E-state index contributed by atoms with van der Waals surface area (Å²) < 4.78 is 9.95. The summed E-state index contributed by atoms with van der Waals surface area (Å²) in [5.41, 5.74) is 1.10. The molecule has 0 unspecified atom stereocenters. The van der Waals surface area contributed by atoms with Crippen molar-refractivity contribution < 1.29 is 4.74 Å². The van der Waals surface area contributed by atoms with Crippen molar-refractivity contribution in [2.24, 2.45) is 14.1 Å². The van der Waals surface area contributed by atoms with E-state index in [2.05, 4.69) is 4.98 Å². The van der Waals surface area contributed by atoms with Crippen molar-refractivity contribution in [3.63, 3.8) is 0 Å². The van der Waals surface area contributed by atoms with Gasteiger partial charge in [-0.3, -0.25) is 18.5 Å². The third-order valence-electron chi connectivity index (χ3n) is 4.89. The Morgan fingerprint density at radius 2 is 1.67 bits per heavy atom. The average molecular weight is 445 g/mol. The fourth-order valence-electron chi connectivity index (χ4n) is 3.28. The van der Waals surface area contributed by atoms with Gasteiger partial charge in [-0.25, -0.2) is 4.79 Å². The number of halogens is 2. The highest BCUT2D eigenvalue weighted by atomic mass is 35.5. The van der Waals surface area contributed by atoms with Gasteiger partial charge in [-0.2, -0.15) is 4.98 Å². The maximum Gasteiger partial charge on any atom is 0.332 e. The second-order valence-electron chi connectivity index (χ2n) is 6.98. The van der Waals surface area contributed by atoms with Crippen LogP contribution < -0.4 is 16.0 Å². The number of fused-ring (bicyclic) bond motifs is 1. The zero-order chi connectivity index (χ0) is 21.6. The van der Waals surface area contributed by atoms with Crippen LogP contribution in [-0.4, -0.2) is 18.7 Å². The largest absolute Gasteiger partial charge is 0.425 e. The summed E-state index contributed by atoms with van der Waals surface area (Å²) in [6.07, 6.45) is 0. The molecule has 0 saturated carbocycles. The molecule has 0 atom stereocenters. The van der Waals surface area contributed by atoms with Gasteiger partial charge in [0.25, 0.3) is 5.56 Å². The van der Waals surface area contributed by atoms with Gasteiger partial charge in [0, 0.05) is 29.7 Å². The van der Waals surface area contributed by atoms with Gasteiger partial charge < -0.3 is 4.74 Å². The highest BCUT2D eigenvalue weighted by molar-refractivity contribution is 6.36. The van der Waals surface area contributed by atoms with Gasteiger partial charge in [-0.05, 0) is 36.8 Å². The van der Waals surface area contributed by atoms with E-state index >= 15 is 0 Å². The number of ether oxygens (including phenoxy) is 1. The van der Waals surface area contributed by atoms with Crippen LogP contribution in [0.2, 0.25) is 10.0 Å². The third-order valence-corrected chi connectivity index (χ3v) is 5.60. The smallest absolute Gasteiger partial charge is 0.332 e. The predicted molar refractivity (Wildman–Crippen MR) is 117 cm³/mol. The Balaban J connectivity index is 1.99. The minimum Gasteiger partial charge on any atom is -0.425 e. The van der Waals surface area contributed by atoms with Crippen molar-refractivity contribution in [2.45, 2.75) is 13.5 Å². The molecule has 30 heavy (non-hydrogen) atoms. The van der Waals surface area contributed by atoms with E-state index < -0.39 is 11.2 Å². The van der Waals surface area contributed by atoms with Crippen molar-refractivity contribution in [3.8, 4) is 11.8 Å². The van der Waals surface area contributed by atoms with Crippen LogP contribution in [-0.2, 0) is 20.6 Å². The van der Waals surface area contributed by atoms with Crippen molar-refractivity contribution in [2.75, 3.05) is 0 Å². The number of rotatable bonds is 4. The number of hydrogen-bond donors (Lipinski definition) is 0. The van der Waals surface area contributed by atoms with Crippen LogP contribution in [0.5, 0.6) is 11.8 Å². The minimum absolute atomic E-state index is 0.142. The molecule has 7 nitrogen and oxygen atoms in total. The Morgan fingerprint density at radius 1 is 1.00 bits per heavy atom. The number of aryl methyl sites for hydroxylation is 2. The summed E-state index contributed by atoms with van der Waals surface area (Å²) in [6.45, 7) is 2.09. The summed E-state index contributed by atoms with van der Waals surface area (Å²) in [4.78, 5) is 29.8. The van der Waals surface area contributed by atoms with Crippen molar-refractivity contribution in [1.82, 2.24) is 18.7 Å². The summed E-state index contributed by atoms with van der Waals surface area (Å²) in [6, 6.07) is 12.8. The molecule has 0 aliphatic carbocycles. The third kappa shape index (κ3) is 3.40. The fraction of sp³-hybridized carbons (Fsp3) is 0.190. The molecule has 2 aromatic heterocycles. The van der Waals surface area contributed by atoms with Gasteiger partial charge in [-0.15, -0.1) is 0 Å². The SMILES string of the molecule is Cc1cccc(Oc2nc3c(c(=O)n(C)c(=O)n3C)n2Cc2c(Cl)cccc2Cl)c1. The lowest BCUT2D eigenvalue weighted by molar-refractivity contribution is 0.421. The molecule has 4 aromatic rings. The lowest BCUT2D eigenvalue weighted by atomic mass is 10.2. The van der Waals surface area contributed by atoms with Gasteiger partial charge >= 0.3 is 11.7 Å². The van der Waals surface area contributed by atoms with Crippen LogP contribution in [0.1, 0.15) is 11.1 Å². The molecule has 154 valence electrons. The molecule has 4 rings (SSSR count). The molecule has 2 heterocycles. The van der Waals surface area contributed by atoms with E-state index in [0.29, 0.717) is 21.4 Å². The number of imidazole rings is 1. The Bertz CT molecular complexity index is 1380. The average Bonchev–Trinajstić information content (AvgIpc) is 3.05. The van der Waals surface area contributed by atoms with Crippen molar-refractivity contribution >= 4 is 34.4 Å². The van der Waals surface area contributed by atoms with Crippen LogP contribution in [0.3, 0.4) is 0 Å². The zero-order valence-corrected chi connectivity index (χ0v) is 18.0. The van der Waals surface area contributed by atoms with E-state index in [1.807, 2.05) is 25.1 Å². The first-order chi connectivity index (χ1) is 14.3. The molecule has 0 amide bonds. The van der Waals surface area contributed by atoms with E-state index in [4.69, 9.17) is 27.9 Å². The molecule has 0 saturated heterocycles. The maximum absolute atomic E-state index is 13.0. The summed E-state index contributed by atoms with van der Waals surface area (Å²) in [5.74, 6) is 0.554. The standard InChI is InChI=1S/C21H18Cl2N4O3/c1-12-6-4-7-13(10-12)30-20-24-18-17(19(28)26(3)21(29)25(18)2)27(20)11-14-15(22)8-5-9-16(14)23/h4-10H,11H2,1-3H3. The van der Waals surface area contributed by atoms with Crippen LogP contribution in [0.15, 0.2) is 52.1 Å². The monoisotopic (exact) mass is 444 g/mol. The van der Waals surface area contributed by atoms with Gasteiger partial charge in [0.1, 0.15) is 5.75 Å². The first-order valence-corrected chi connectivity index (χ1v) is 9.87. The van der Waals surface area contributed by atoms with Gasteiger partial charge in [0.2, 0.25) is 0 Å². The molecule has 0 aliphatic heterocycles. The fourth-order valence-corrected chi connectivity index (χ4v) is 3.79. The lowest BCUT2D eigenvalue weighted by Gasteiger charge is -2.12. The number of benzene rings is 2. The summed E-state index contributed by atoms with van der Waals surface area (Å²) >= 11 is 12.7. The first-order valence-electron chi connectivity index (χ1n) is 9.11. The van der Waals surface area contributed by atoms with Gasteiger partial charge in [-0.1, -0.05) is 41.4 Å². The number of aromatic nitrogens is 4. The highest BCUT2D eigenvalue weighted by Gasteiger charge is 2.22. The molecule has 0 fully saturated rings. The van der Waals surface area contributed by atoms with Crippen LogP contribution in [0, 0.1) is 6.92 Å². The van der Waals surface area contributed by atoms with E-state index in [-0.39, 0.29) is 23.7 Å². The molecule has 9 heteroatoms. The number of hydrogen-bond acceptors (Lipinski definition) is 4. The maximum atomic E-state index is 13.0. The molecular weight excluding hydrogens is 427 g/mol. The highest BCUT2D eigenvalue weighted by Crippen LogP contribution is 2.30. The van der Waals surface area contributed by atoms with Crippen LogP contribution >= 0.6 is 23.2 Å². The van der Waals surface area contributed by atoms with E-state index in [1.165, 1.54) is 11.6 Å². The lowest BCUT2D eigenvalue weighted by Crippen LogP contribution is -2.37. The van der Waals surface area contributed by atoms with Crippen LogP contribution in [0.25, 0.3) is 11.2 Å². The molecule has 0 aliphatic rings. The first kappa shape index (κ1) is 20.3. The minimum atomic E-state index is -0.483. The Kier molecular flexibility index (Phi) is 5.17. The zero-order valence-electron chi connectivity index (χ0n) is 16.5. The summed E-state index contributed by atoms with van der Waals surface area (Å²) in [7, 11) is 2.98. The Hall–Kier alpha value is -3.03. The molecule has 0 radical (unpaired) electrons. The number of nitrogens with zero attached hydrogens (tertiary/aromatic N) is 4. The normalized spacial score (nSPS) is 11.2. The Labute approximate surface area is 181 Å². The Morgan fingerprint density at radius 3 is 2.33 bits per heavy atom. The summed E-state index contributed by atoms with van der Waals surface area (Å²) in [5, 5.41) is 0.903. The van der Waals surface area contributed by atoms with Crippen molar-refractivity contribution in [3.05, 3.63) is 84.5 Å². The predicted octanol–water partition coefficient (Wildman–Crippen LogP) is 3.89. The molecule has 0 spiro atoms. The van der Waals surface area contributed by atoms with Gasteiger partial charge in [0.15, 0.2) is 11.2 Å². The van der Waals surface area contributed by atoms with Crippen molar-refractivity contribution in [1.29, 1.82) is 0 Å². The molecule has 0 bridgehead atoms. The van der Waals surface area contributed by atoms with E-state index in [1.54, 1.807) is 35.9 Å². The molecule has 2 aromatic carbocycles. The second-order valence-corrected chi connectivity index (χ2v) is 7.79. The van der Waals surface area contributed by atoms with Crippen LogP contribution in [0.4, 0.5) is 0 Å². The van der Waals surface area contributed by atoms with Gasteiger partial charge in [0.05, 0.1) is 6.54 Å². The molecular formula is C21H18Cl2N4O3. The van der Waals surface area contributed by atoms with E-state index in [9.17, 15) is 9.59 Å². The quantitative estimate of drug-likeness (QED) is 0.478. The topological polar surface area (TPSA) is 71.1 Å². The molecule has 0 N–H and O–H groups in total. The van der Waals surface area contributed by atoms with E-state index in [0.717, 1.165) is 10.1 Å². The second kappa shape index (κ2) is 7.66.